The maximum atomic E-state index is 5.11. The maximum absolute atomic E-state index is 5.11. The molecule has 2 fully saturated rings. The molecule has 0 radical (unpaired) electrons. The van der Waals surface area contributed by atoms with Crippen LogP contribution in [0.25, 0.3) is 10.6 Å². The van der Waals surface area contributed by atoms with Crippen LogP contribution in [0.1, 0.15) is 92.9 Å². The van der Waals surface area contributed by atoms with Crippen LogP contribution in [0, 0.1) is 22.7 Å². The summed E-state index contributed by atoms with van der Waals surface area (Å²) in [6.45, 7) is 16.3. The van der Waals surface area contributed by atoms with Crippen LogP contribution in [0.5, 0.6) is 0 Å². The molecule has 2 nitrogen and oxygen atoms in total. The van der Waals surface area contributed by atoms with Crippen molar-refractivity contribution in [3.8, 4) is 0 Å². The molecule has 5 heteroatoms. The van der Waals surface area contributed by atoms with Crippen LogP contribution >= 0.6 is 18.6 Å². The molecule has 2 rings (SSSR count). The van der Waals surface area contributed by atoms with Gasteiger partial charge < -0.3 is 10.6 Å². The second kappa shape index (κ2) is 12.8. The van der Waals surface area contributed by atoms with Crippen LogP contribution in [0.4, 0.5) is 0 Å². The van der Waals surface area contributed by atoms with E-state index >= 15 is 0 Å². The number of halogens is 2. The number of hydrogen-bond donors (Lipinski definition) is 0. The van der Waals surface area contributed by atoms with E-state index in [9.17, 15) is 0 Å². The molecule has 160 valence electrons. The van der Waals surface area contributed by atoms with Crippen molar-refractivity contribution in [1.82, 2.24) is 0 Å². The summed E-state index contributed by atoms with van der Waals surface area (Å²) in [5, 5.41) is 10.2. The molecule has 4 atom stereocenters. The average Bonchev–Trinajstić information content (AvgIpc) is 2.58. The molecule has 2 aliphatic rings. The third-order valence-electron chi connectivity index (χ3n) is 6.51. The zero-order valence-electron chi connectivity index (χ0n) is 18.5. The molecule has 0 aromatic heterocycles. The predicted octanol–water partition coefficient (Wildman–Crippen LogP) is 8.32. The van der Waals surface area contributed by atoms with E-state index in [4.69, 9.17) is 29.2 Å². The van der Waals surface area contributed by atoms with Gasteiger partial charge in [0.1, 0.15) is 0 Å². The van der Waals surface area contributed by atoms with Crippen molar-refractivity contribution in [3.05, 3.63) is 10.6 Å². The molecule has 0 N–H and O–H groups in total. The first kappa shape index (κ1) is 26.2. The van der Waals surface area contributed by atoms with Gasteiger partial charge in [0.2, 0.25) is 0 Å². The van der Waals surface area contributed by atoms with E-state index in [1.54, 1.807) is 0 Å². The summed E-state index contributed by atoms with van der Waals surface area (Å²) in [5.74, 6) is 1.53. The minimum atomic E-state index is -0.556. The molecule has 0 aromatic rings. The molecule has 0 amide bonds. The van der Waals surface area contributed by atoms with Crippen LogP contribution in [0.15, 0.2) is 0 Å². The van der Waals surface area contributed by atoms with Gasteiger partial charge in [0.25, 0.3) is 0 Å². The van der Waals surface area contributed by atoms with Gasteiger partial charge in [0, 0.05) is 0 Å². The monoisotopic (exact) mass is 452 g/mol. The zero-order chi connectivity index (χ0) is 20.5. The van der Waals surface area contributed by atoms with Gasteiger partial charge in [-0.3, -0.25) is 0 Å². The van der Waals surface area contributed by atoms with Crippen molar-refractivity contribution >= 4 is 18.6 Å². The van der Waals surface area contributed by atoms with Gasteiger partial charge in [-0.2, -0.15) is 13.1 Å². The normalized spacial score (nSPS) is 29.6. The summed E-state index contributed by atoms with van der Waals surface area (Å²) in [6, 6.07) is 1.16. The first-order chi connectivity index (χ1) is 12.6. The second-order valence-electron chi connectivity index (χ2n) is 10.5. The Morgan fingerprint density at radius 2 is 0.963 bits per heavy atom. The number of nitrogens with zero attached hydrogens (tertiary/aromatic N) is 2. The van der Waals surface area contributed by atoms with E-state index in [-0.39, 0.29) is 0 Å². The quantitative estimate of drug-likeness (QED) is 0.296. The summed E-state index contributed by atoms with van der Waals surface area (Å²) in [4.78, 5) is 0. The number of hydrogen-bond acceptors (Lipinski definition) is 0. The predicted molar refractivity (Wildman–Crippen MR) is 119 cm³/mol. The Hall–Kier alpha value is 1.21. The molecule has 0 spiro atoms. The van der Waals surface area contributed by atoms with Gasteiger partial charge >= 0.3 is 35.6 Å². The molecule has 27 heavy (non-hydrogen) atoms. The Labute approximate surface area is 186 Å². The van der Waals surface area contributed by atoms with E-state index in [1.165, 1.54) is 51.4 Å². The molecule has 0 bridgehead atoms. The Morgan fingerprint density at radius 1 is 0.667 bits per heavy atom. The van der Waals surface area contributed by atoms with Crippen molar-refractivity contribution in [1.29, 1.82) is 0 Å². The molecule has 0 saturated heterocycles. The Bertz CT molecular complexity index is 357. The molecule has 0 aliphatic heterocycles. The molecule has 2 aliphatic carbocycles. The van der Waals surface area contributed by atoms with Crippen molar-refractivity contribution < 1.29 is 17.0 Å². The van der Waals surface area contributed by atoms with Gasteiger partial charge in [0.15, 0.2) is 0 Å². The standard InChI is InChI=1S/C22H42N2.2ClH.Ti/c1-21(2,3)17-11-7-9-13-19(17)23-15-16-24-20-14-10-8-12-18(20)22(4,5)6;;;/h17-20H,7-16H2,1-6H3;2*1H;/q-2;;;+2/p-2. The second-order valence-corrected chi connectivity index (χ2v) is 13.1. The van der Waals surface area contributed by atoms with E-state index in [2.05, 4.69) is 41.5 Å². The number of rotatable bonds is 5. The fraction of sp³-hybridized carbons (Fsp3) is 1.00. The topological polar surface area (TPSA) is 28.2 Å². The van der Waals surface area contributed by atoms with Crippen LogP contribution in [-0.2, 0) is 17.0 Å². The average molecular weight is 453 g/mol. The fourth-order valence-corrected chi connectivity index (χ4v) is 5.13. The van der Waals surface area contributed by atoms with E-state index in [0.717, 1.165) is 24.9 Å². The molecule has 2 saturated carbocycles. The summed E-state index contributed by atoms with van der Waals surface area (Å²) in [5.41, 5.74) is 0.791. The van der Waals surface area contributed by atoms with E-state index in [1.807, 2.05) is 0 Å². The van der Waals surface area contributed by atoms with Crippen molar-refractivity contribution in [2.45, 2.75) is 105 Å². The Morgan fingerprint density at radius 3 is 1.26 bits per heavy atom. The summed E-state index contributed by atoms with van der Waals surface area (Å²) >= 11 is -0.556. The summed E-state index contributed by atoms with van der Waals surface area (Å²) < 4.78 is 0. The van der Waals surface area contributed by atoms with Gasteiger partial charge in [-0.25, -0.2) is 0 Å². The molecular weight excluding hydrogens is 411 g/mol. The van der Waals surface area contributed by atoms with Crippen LogP contribution in [-0.4, -0.2) is 25.2 Å². The van der Waals surface area contributed by atoms with Crippen molar-refractivity contribution in [2.24, 2.45) is 22.7 Å². The van der Waals surface area contributed by atoms with Crippen molar-refractivity contribution in [3.63, 3.8) is 0 Å². The molecular formula is C22H42Cl2N2Ti-2. The third kappa shape index (κ3) is 9.71. The van der Waals surface area contributed by atoms with Crippen LogP contribution in [0.3, 0.4) is 0 Å². The van der Waals surface area contributed by atoms with Gasteiger partial charge in [-0.1, -0.05) is 105 Å². The van der Waals surface area contributed by atoms with Gasteiger partial charge in [-0.05, 0) is 10.8 Å². The Balaban J connectivity index is 0.00000114. The van der Waals surface area contributed by atoms with E-state index in [0.29, 0.717) is 22.9 Å². The third-order valence-corrected chi connectivity index (χ3v) is 6.51. The Kier molecular flexibility index (Phi) is 12.5. The summed E-state index contributed by atoms with van der Waals surface area (Å²) in [7, 11) is 9.78. The van der Waals surface area contributed by atoms with Crippen molar-refractivity contribution in [2.75, 3.05) is 13.1 Å². The molecule has 0 heterocycles. The minimum absolute atomic E-state index is 0.395. The first-order valence-electron chi connectivity index (χ1n) is 10.9. The fourth-order valence-electron chi connectivity index (χ4n) is 5.13. The molecule has 4 unspecified atom stereocenters. The summed E-state index contributed by atoms with van der Waals surface area (Å²) in [6.07, 6.45) is 10.9. The van der Waals surface area contributed by atoms with Gasteiger partial charge in [0.05, 0.1) is 0 Å². The van der Waals surface area contributed by atoms with Crippen LogP contribution in [0.2, 0.25) is 0 Å². The zero-order valence-corrected chi connectivity index (χ0v) is 21.6. The molecule has 0 aromatic carbocycles. The SMILES string of the molecule is CC(C)(C)C1CCCCC1[N-]CC[N-]C1CCCCC1C(C)(C)C.[Cl][Ti][Cl]. The van der Waals surface area contributed by atoms with Crippen LogP contribution < -0.4 is 0 Å². The first-order valence-corrected chi connectivity index (χ1v) is 15.2. The van der Waals surface area contributed by atoms with E-state index < -0.39 is 17.0 Å². The van der Waals surface area contributed by atoms with Gasteiger partial charge in [-0.15, -0.1) is 12.1 Å².